The quantitative estimate of drug-likeness (QED) is 0.851. The Bertz CT molecular complexity index is 907. The van der Waals surface area contributed by atoms with Crippen molar-refractivity contribution in [3.05, 3.63) is 63.6 Å². The van der Waals surface area contributed by atoms with Crippen molar-refractivity contribution in [2.45, 2.75) is 0 Å². The number of fused-ring (bicyclic) bond motifs is 3. The van der Waals surface area contributed by atoms with Gasteiger partial charge in [-0.25, -0.2) is 5.43 Å². The van der Waals surface area contributed by atoms with E-state index in [9.17, 15) is 4.79 Å². The van der Waals surface area contributed by atoms with Gasteiger partial charge in [0.1, 0.15) is 6.54 Å². The summed E-state index contributed by atoms with van der Waals surface area (Å²) in [4.78, 5) is 18.3. The van der Waals surface area contributed by atoms with Crippen LogP contribution in [0.25, 0.3) is 0 Å². The van der Waals surface area contributed by atoms with Gasteiger partial charge in [0.25, 0.3) is 5.91 Å². The summed E-state index contributed by atoms with van der Waals surface area (Å²) in [5.74, 6) is 0.515. The number of aliphatic imine (C=N–C) groups is 1. The molecule has 0 atom stereocenters. The molecule has 7 heteroatoms. The molecule has 0 aromatic heterocycles. The van der Waals surface area contributed by atoms with Crippen LogP contribution >= 0.6 is 23.2 Å². The van der Waals surface area contributed by atoms with E-state index in [1.807, 2.05) is 41.3 Å². The number of anilines is 1. The number of halogens is 2. The number of carbonyl (C=O) groups excluding carboxylic acids is 1. The molecule has 1 N–H and O–H groups in total. The predicted molar refractivity (Wildman–Crippen MR) is 96.3 cm³/mol. The molecule has 2 aromatic rings. The Balaban J connectivity index is 1.95. The lowest BCUT2D eigenvalue weighted by atomic mass is 10.00. The summed E-state index contributed by atoms with van der Waals surface area (Å²) in [5.41, 5.74) is 5.73. The van der Waals surface area contributed by atoms with E-state index in [0.717, 1.165) is 22.5 Å². The Labute approximate surface area is 148 Å². The molecule has 0 saturated heterocycles. The second-order valence-electron chi connectivity index (χ2n) is 5.46. The minimum absolute atomic E-state index is 0.166. The number of benzene rings is 2. The normalized spacial score (nSPS) is 16.4. The Hall–Kier alpha value is -2.37. The number of nitrogens with one attached hydrogen (secondary N) is 1. The molecule has 2 aromatic carbocycles. The lowest BCUT2D eigenvalue weighted by Crippen LogP contribution is -2.46. The van der Waals surface area contributed by atoms with Crippen molar-refractivity contribution in [1.82, 2.24) is 5.43 Å². The summed E-state index contributed by atoms with van der Waals surface area (Å²) in [6.45, 7) is 0.534. The molecule has 0 saturated carbocycles. The van der Waals surface area contributed by atoms with E-state index in [4.69, 9.17) is 28.2 Å². The lowest BCUT2D eigenvalue weighted by Gasteiger charge is -2.28. The SMILES string of the molecule is O=C1CN2C(=NN1)CN=C(c1ccccc1Cl)c1cc(Cl)ccc12. The Morgan fingerprint density at radius 1 is 1.08 bits per heavy atom. The van der Waals surface area contributed by atoms with Crippen molar-refractivity contribution in [3.63, 3.8) is 0 Å². The van der Waals surface area contributed by atoms with Crippen LogP contribution in [0.4, 0.5) is 5.69 Å². The third kappa shape index (κ3) is 2.56. The van der Waals surface area contributed by atoms with Crippen LogP contribution in [0.2, 0.25) is 10.0 Å². The first kappa shape index (κ1) is 15.2. The van der Waals surface area contributed by atoms with E-state index < -0.39 is 0 Å². The fourth-order valence-corrected chi connectivity index (χ4v) is 3.25. The van der Waals surface area contributed by atoms with Crippen molar-refractivity contribution in [2.75, 3.05) is 18.0 Å². The molecule has 0 unspecified atom stereocenters. The van der Waals surface area contributed by atoms with Gasteiger partial charge in [0.2, 0.25) is 0 Å². The summed E-state index contributed by atoms with van der Waals surface area (Å²) >= 11 is 12.6. The summed E-state index contributed by atoms with van der Waals surface area (Å²) in [6.07, 6.45) is 0. The van der Waals surface area contributed by atoms with Gasteiger partial charge in [0, 0.05) is 21.2 Å². The Morgan fingerprint density at radius 3 is 2.75 bits per heavy atom. The molecular formula is C17H12Cl2N4O. The average molecular weight is 359 g/mol. The number of amidine groups is 1. The molecule has 0 spiro atoms. The van der Waals surface area contributed by atoms with Gasteiger partial charge in [0.15, 0.2) is 5.84 Å². The third-order valence-electron chi connectivity index (χ3n) is 3.94. The molecule has 0 radical (unpaired) electrons. The number of amides is 1. The predicted octanol–water partition coefficient (Wildman–Crippen LogP) is 3.09. The number of hydrogen-bond donors (Lipinski definition) is 1. The van der Waals surface area contributed by atoms with Crippen molar-refractivity contribution < 1.29 is 4.79 Å². The van der Waals surface area contributed by atoms with Gasteiger partial charge in [-0.2, -0.15) is 5.10 Å². The number of hydrazone groups is 1. The standard InChI is InChI=1S/C17H12Cl2N4O/c18-10-5-6-14-12(7-10)17(11-3-1-2-4-13(11)19)20-8-15-21-22-16(24)9-23(14)15/h1-7H,8-9H2,(H,22,24). The maximum atomic E-state index is 11.8. The van der Waals surface area contributed by atoms with E-state index in [2.05, 4.69) is 10.5 Å². The van der Waals surface area contributed by atoms with Crippen LogP contribution in [0, 0.1) is 0 Å². The average Bonchev–Trinajstić information content (AvgIpc) is 2.72. The zero-order chi connectivity index (χ0) is 16.7. The van der Waals surface area contributed by atoms with E-state index in [0.29, 0.717) is 22.4 Å². The Morgan fingerprint density at radius 2 is 1.92 bits per heavy atom. The molecule has 5 nitrogen and oxygen atoms in total. The summed E-state index contributed by atoms with van der Waals surface area (Å²) in [6, 6.07) is 13.0. The van der Waals surface area contributed by atoms with Crippen LogP contribution in [0.15, 0.2) is 52.6 Å². The van der Waals surface area contributed by atoms with Gasteiger partial charge in [-0.15, -0.1) is 0 Å². The molecule has 4 rings (SSSR count). The Kier molecular flexibility index (Phi) is 3.75. The molecule has 0 bridgehead atoms. The molecule has 2 aliphatic rings. The molecule has 120 valence electrons. The monoisotopic (exact) mass is 358 g/mol. The molecular weight excluding hydrogens is 347 g/mol. The highest BCUT2D eigenvalue weighted by atomic mass is 35.5. The van der Waals surface area contributed by atoms with Crippen LogP contribution in [0.3, 0.4) is 0 Å². The van der Waals surface area contributed by atoms with Crippen LogP contribution < -0.4 is 10.3 Å². The highest BCUT2D eigenvalue weighted by Crippen LogP contribution is 2.32. The number of carbonyl (C=O) groups is 1. The summed E-state index contributed by atoms with van der Waals surface area (Å²) in [7, 11) is 0. The van der Waals surface area contributed by atoms with E-state index in [-0.39, 0.29) is 12.5 Å². The van der Waals surface area contributed by atoms with Crippen molar-refractivity contribution >= 4 is 46.3 Å². The highest BCUT2D eigenvalue weighted by Gasteiger charge is 2.28. The van der Waals surface area contributed by atoms with E-state index >= 15 is 0 Å². The zero-order valence-electron chi connectivity index (χ0n) is 12.5. The lowest BCUT2D eigenvalue weighted by molar-refractivity contribution is -0.119. The zero-order valence-corrected chi connectivity index (χ0v) is 14.0. The van der Waals surface area contributed by atoms with Crippen LogP contribution in [0.1, 0.15) is 11.1 Å². The molecule has 2 heterocycles. The molecule has 0 fully saturated rings. The van der Waals surface area contributed by atoms with Gasteiger partial charge in [0.05, 0.1) is 17.9 Å². The van der Waals surface area contributed by atoms with Gasteiger partial charge in [-0.05, 0) is 24.3 Å². The molecule has 24 heavy (non-hydrogen) atoms. The largest absolute Gasteiger partial charge is 0.317 e. The van der Waals surface area contributed by atoms with Crippen molar-refractivity contribution in [3.8, 4) is 0 Å². The molecule has 1 amide bonds. The van der Waals surface area contributed by atoms with Crippen molar-refractivity contribution in [2.24, 2.45) is 10.1 Å². The van der Waals surface area contributed by atoms with Gasteiger partial charge < -0.3 is 4.90 Å². The van der Waals surface area contributed by atoms with Gasteiger partial charge in [-0.3, -0.25) is 9.79 Å². The first-order chi connectivity index (χ1) is 11.6. The summed E-state index contributed by atoms with van der Waals surface area (Å²) in [5, 5.41) is 5.34. The molecule has 2 aliphatic heterocycles. The second kappa shape index (κ2) is 5.92. The van der Waals surface area contributed by atoms with Gasteiger partial charge in [-0.1, -0.05) is 41.4 Å². The third-order valence-corrected chi connectivity index (χ3v) is 4.50. The fraction of sp³-hybridized carbons (Fsp3) is 0.118. The smallest absolute Gasteiger partial charge is 0.260 e. The van der Waals surface area contributed by atoms with E-state index in [1.165, 1.54) is 0 Å². The number of rotatable bonds is 1. The minimum Gasteiger partial charge on any atom is -0.317 e. The van der Waals surface area contributed by atoms with Gasteiger partial charge >= 0.3 is 0 Å². The van der Waals surface area contributed by atoms with Crippen molar-refractivity contribution in [1.29, 1.82) is 0 Å². The summed E-state index contributed by atoms with van der Waals surface area (Å²) < 4.78 is 0. The fourth-order valence-electron chi connectivity index (χ4n) is 2.85. The maximum absolute atomic E-state index is 11.8. The second-order valence-corrected chi connectivity index (χ2v) is 6.30. The number of nitrogens with zero attached hydrogens (tertiary/aromatic N) is 3. The van der Waals surface area contributed by atoms with Crippen LogP contribution in [-0.4, -0.2) is 30.5 Å². The van der Waals surface area contributed by atoms with E-state index in [1.54, 1.807) is 6.07 Å². The first-order valence-corrected chi connectivity index (χ1v) is 8.11. The van der Waals surface area contributed by atoms with Crippen LogP contribution in [-0.2, 0) is 4.79 Å². The maximum Gasteiger partial charge on any atom is 0.260 e. The molecule has 0 aliphatic carbocycles. The first-order valence-electron chi connectivity index (χ1n) is 7.36. The topological polar surface area (TPSA) is 57.1 Å². The number of hydrogen-bond acceptors (Lipinski definition) is 4. The van der Waals surface area contributed by atoms with Crippen LogP contribution in [0.5, 0.6) is 0 Å². The minimum atomic E-state index is -0.166. The highest BCUT2D eigenvalue weighted by molar-refractivity contribution is 6.37.